The van der Waals surface area contributed by atoms with E-state index in [1.165, 1.54) is 11.1 Å². The summed E-state index contributed by atoms with van der Waals surface area (Å²) in [7, 11) is 1.56. The van der Waals surface area contributed by atoms with Gasteiger partial charge in [-0.3, -0.25) is 19.3 Å². The first-order valence-corrected chi connectivity index (χ1v) is 10.3. The van der Waals surface area contributed by atoms with Crippen LogP contribution in [0.15, 0.2) is 53.5 Å². The molecule has 0 bridgehead atoms. The molecule has 3 aromatic rings. The van der Waals surface area contributed by atoms with Gasteiger partial charge < -0.3 is 18.8 Å². The molecule has 2 aliphatic heterocycles. The molecule has 1 fully saturated rings. The van der Waals surface area contributed by atoms with Gasteiger partial charge in [-0.1, -0.05) is 12.1 Å². The van der Waals surface area contributed by atoms with Crippen LogP contribution in [0.4, 0.5) is 0 Å². The van der Waals surface area contributed by atoms with Crippen molar-refractivity contribution in [3.8, 4) is 5.75 Å². The second-order valence-electron chi connectivity index (χ2n) is 7.67. The molecule has 0 aliphatic carbocycles. The molecule has 0 atom stereocenters. The molecule has 0 N–H and O–H groups in total. The summed E-state index contributed by atoms with van der Waals surface area (Å²) in [5.74, 6) is -0.0254. The number of hydrogen-bond acceptors (Lipinski definition) is 7. The van der Waals surface area contributed by atoms with Gasteiger partial charge in [0.05, 0.1) is 54.7 Å². The first-order chi connectivity index (χ1) is 15.6. The number of rotatable bonds is 5. The van der Waals surface area contributed by atoms with E-state index in [1.54, 1.807) is 54.1 Å². The van der Waals surface area contributed by atoms with E-state index in [9.17, 15) is 14.4 Å². The van der Waals surface area contributed by atoms with Crippen molar-refractivity contribution in [3.63, 3.8) is 0 Å². The lowest BCUT2D eigenvalue weighted by atomic mass is 10.1. The van der Waals surface area contributed by atoms with Crippen molar-refractivity contribution in [2.45, 2.75) is 25.3 Å². The van der Waals surface area contributed by atoms with E-state index in [1.807, 2.05) is 0 Å². The van der Waals surface area contributed by atoms with Gasteiger partial charge in [-0.25, -0.2) is 4.98 Å². The lowest BCUT2D eigenvalue weighted by Crippen LogP contribution is -2.50. The maximum absolute atomic E-state index is 12.7. The minimum Gasteiger partial charge on any atom is -0.497 e. The van der Waals surface area contributed by atoms with Crippen LogP contribution >= 0.6 is 0 Å². The van der Waals surface area contributed by atoms with Crippen LogP contribution in [-0.4, -0.2) is 58.9 Å². The summed E-state index contributed by atoms with van der Waals surface area (Å²) < 4.78 is 18.5. The van der Waals surface area contributed by atoms with Gasteiger partial charge in [-0.2, -0.15) is 0 Å². The van der Waals surface area contributed by atoms with Crippen LogP contribution in [0.2, 0.25) is 0 Å². The zero-order chi connectivity index (χ0) is 22.2. The SMILES string of the molecule is COc1ccc2ncc(=O)n(CCC3OCC(N4C(=O)c5ccccc5C4=O)CO3)c2c1. The van der Waals surface area contributed by atoms with Gasteiger partial charge in [0.1, 0.15) is 5.75 Å². The molecule has 2 amide bonds. The summed E-state index contributed by atoms with van der Waals surface area (Å²) in [6, 6.07) is 11.6. The summed E-state index contributed by atoms with van der Waals surface area (Å²) in [6.07, 6.45) is 1.16. The Morgan fingerprint density at radius 3 is 2.38 bits per heavy atom. The van der Waals surface area contributed by atoms with E-state index in [2.05, 4.69) is 4.98 Å². The summed E-state index contributed by atoms with van der Waals surface area (Å²) in [5.41, 5.74) is 1.92. The zero-order valence-electron chi connectivity index (χ0n) is 17.4. The highest BCUT2D eigenvalue weighted by molar-refractivity contribution is 6.21. The van der Waals surface area contributed by atoms with Gasteiger partial charge in [-0.15, -0.1) is 0 Å². The average Bonchev–Trinajstić information content (AvgIpc) is 3.08. The fourth-order valence-electron chi connectivity index (χ4n) is 4.12. The molecule has 164 valence electrons. The molecule has 2 aliphatic rings. The highest BCUT2D eigenvalue weighted by Gasteiger charge is 2.41. The van der Waals surface area contributed by atoms with Crippen LogP contribution in [0, 0.1) is 0 Å². The molecule has 2 aromatic carbocycles. The van der Waals surface area contributed by atoms with Crippen LogP contribution in [0.25, 0.3) is 11.0 Å². The molecule has 9 nitrogen and oxygen atoms in total. The predicted octanol–water partition coefficient (Wildman–Crippen LogP) is 1.83. The highest BCUT2D eigenvalue weighted by Crippen LogP contribution is 2.27. The van der Waals surface area contributed by atoms with Gasteiger partial charge >= 0.3 is 0 Å². The number of carbonyl (C=O) groups is 2. The first kappa shape index (κ1) is 20.3. The topological polar surface area (TPSA) is 100.0 Å². The molecule has 0 saturated carbocycles. The molecular formula is C23H21N3O6. The fourth-order valence-corrected chi connectivity index (χ4v) is 4.12. The van der Waals surface area contributed by atoms with Crippen molar-refractivity contribution in [1.29, 1.82) is 0 Å². The average molecular weight is 435 g/mol. The molecule has 1 saturated heterocycles. The predicted molar refractivity (Wildman–Crippen MR) is 114 cm³/mol. The van der Waals surface area contributed by atoms with E-state index < -0.39 is 12.3 Å². The Morgan fingerprint density at radius 2 is 1.72 bits per heavy atom. The standard InChI is InChI=1S/C23H21N3O6/c1-30-15-6-7-18-19(10-15)25(20(27)11-24-18)9-8-21-31-12-14(13-32-21)26-22(28)16-4-2-3-5-17(16)23(26)29/h2-7,10-11,14,21H,8-9,12-13H2,1H3. The van der Waals surface area contributed by atoms with Gasteiger partial charge in [-0.05, 0) is 24.3 Å². The van der Waals surface area contributed by atoms with Crippen molar-refractivity contribution in [2.75, 3.05) is 20.3 Å². The molecule has 32 heavy (non-hydrogen) atoms. The number of hydrogen-bond donors (Lipinski definition) is 0. The third-order valence-electron chi connectivity index (χ3n) is 5.78. The maximum atomic E-state index is 12.7. The normalized spacial score (nSPS) is 20.6. The number of imide groups is 1. The van der Waals surface area contributed by atoms with Crippen molar-refractivity contribution in [3.05, 3.63) is 70.1 Å². The van der Waals surface area contributed by atoms with Crippen LogP contribution in [0.3, 0.4) is 0 Å². The summed E-state index contributed by atoms with van der Waals surface area (Å²) in [5, 5.41) is 0. The van der Waals surface area contributed by atoms with Gasteiger partial charge in [0.25, 0.3) is 17.4 Å². The Balaban J connectivity index is 1.25. The van der Waals surface area contributed by atoms with E-state index >= 15 is 0 Å². The largest absolute Gasteiger partial charge is 0.497 e. The summed E-state index contributed by atoms with van der Waals surface area (Å²) in [4.78, 5) is 43.1. The lowest BCUT2D eigenvalue weighted by molar-refractivity contribution is -0.200. The van der Waals surface area contributed by atoms with E-state index in [-0.39, 0.29) is 30.6 Å². The van der Waals surface area contributed by atoms with Gasteiger partial charge in [0, 0.05) is 19.0 Å². The molecule has 5 rings (SSSR count). The van der Waals surface area contributed by atoms with Crippen molar-refractivity contribution in [2.24, 2.45) is 0 Å². The summed E-state index contributed by atoms with van der Waals surface area (Å²) in [6.45, 7) is 0.708. The van der Waals surface area contributed by atoms with Gasteiger partial charge in [0.15, 0.2) is 6.29 Å². The van der Waals surface area contributed by atoms with Crippen molar-refractivity contribution >= 4 is 22.8 Å². The van der Waals surface area contributed by atoms with Crippen molar-refractivity contribution < 1.29 is 23.8 Å². The van der Waals surface area contributed by atoms with Crippen LogP contribution in [-0.2, 0) is 16.0 Å². The van der Waals surface area contributed by atoms with E-state index in [0.29, 0.717) is 40.9 Å². The minimum absolute atomic E-state index is 0.177. The monoisotopic (exact) mass is 435 g/mol. The Bertz CT molecular complexity index is 1230. The molecule has 9 heteroatoms. The lowest BCUT2D eigenvalue weighted by Gasteiger charge is -2.33. The van der Waals surface area contributed by atoms with Crippen LogP contribution in [0.1, 0.15) is 27.1 Å². The third-order valence-corrected chi connectivity index (χ3v) is 5.78. The molecule has 1 aromatic heterocycles. The number of amides is 2. The zero-order valence-corrected chi connectivity index (χ0v) is 17.4. The quantitative estimate of drug-likeness (QED) is 0.564. The van der Waals surface area contributed by atoms with Crippen molar-refractivity contribution in [1.82, 2.24) is 14.5 Å². The number of carbonyl (C=O) groups excluding carboxylic acids is 2. The Hall–Kier alpha value is -3.56. The van der Waals surface area contributed by atoms with Crippen LogP contribution < -0.4 is 10.3 Å². The number of fused-ring (bicyclic) bond motifs is 2. The van der Waals surface area contributed by atoms with E-state index in [4.69, 9.17) is 14.2 Å². The Morgan fingerprint density at radius 1 is 1.03 bits per heavy atom. The first-order valence-electron chi connectivity index (χ1n) is 10.3. The molecule has 0 spiro atoms. The van der Waals surface area contributed by atoms with E-state index in [0.717, 1.165) is 0 Å². The number of aryl methyl sites for hydroxylation is 1. The number of methoxy groups -OCH3 is 1. The third kappa shape index (κ3) is 3.45. The highest BCUT2D eigenvalue weighted by atomic mass is 16.7. The van der Waals surface area contributed by atoms with Gasteiger partial charge in [0.2, 0.25) is 0 Å². The number of nitrogens with zero attached hydrogens (tertiary/aromatic N) is 3. The number of aromatic nitrogens is 2. The molecular weight excluding hydrogens is 414 g/mol. The number of ether oxygens (including phenoxy) is 3. The molecule has 3 heterocycles. The smallest absolute Gasteiger partial charge is 0.269 e. The Labute approximate surface area is 183 Å². The molecule has 0 radical (unpaired) electrons. The number of benzene rings is 2. The maximum Gasteiger partial charge on any atom is 0.269 e. The molecule has 0 unspecified atom stereocenters. The van der Waals surface area contributed by atoms with Crippen LogP contribution in [0.5, 0.6) is 5.75 Å². The second kappa shape index (κ2) is 8.18. The fraction of sp³-hybridized carbons (Fsp3) is 0.304. The summed E-state index contributed by atoms with van der Waals surface area (Å²) >= 11 is 0. The minimum atomic E-state index is -0.554. The second-order valence-corrected chi connectivity index (χ2v) is 7.67. The Kier molecular flexibility index (Phi) is 5.20.